The number of para-hydroxylation sites is 1. The Morgan fingerprint density at radius 3 is 2.58 bits per heavy atom. The molecule has 1 fully saturated rings. The highest BCUT2D eigenvalue weighted by Gasteiger charge is 2.43. The average Bonchev–Trinajstić information content (AvgIpc) is 3.13. The second-order valence-corrected chi connectivity index (χ2v) is 9.03. The molecule has 1 N–H and O–H groups in total. The predicted octanol–water partition coefficient (Wildman–Crippen LogP) is 4.11. The van der Waals surface area contributed by atoms with Crippen LogP contribution in [0.4, 0.5) is 0 Å². The first kappa shape index (κ1) is 21.3. The Hall–Kier alpha value is -3.54. The summed E-state index contributed by atoms with van der Waals surface area (Å²) in [5, 5.41) is 10.8. The largest absolute Gasteiger partial charge is 0.508 e. The van der Waals surface area contributed by atoms with Crippen molar-refractivity contribution in [1.29, 1.82) is 0 Å². The zero-order valence-electron chi connectivity index (χ0n) is 19.0. The third kappa shape index (κ3) is 3.69. The van der Waals surface area contributed by atoms with Crippen LogP contribution in [0.1, 0.15) is 42.1 Å². The van der Waals surface area contributed by atoms with Crippen molar-refractivity contribution in [3.63, 3.8) is 0 Å². The van der Waals surface area contributed by atoms with Gasteiger partial charge in [-0.15, -0.1) is 0 Å². The number of hydrogen-bond acceptors (Lipinski definition) is 3. The molecule has 1 aromatic heterocycles. The molecule has 6 nitrogen and oxygen atoms in total. The Labute approximate surface area is 193 Å². The van der Waals surface area contributed by atoms with Crippen LogP contribution in [0.2, 0.25) is 0 Å². The summed E-state index contributed by atoms with van der Waals surface area (Å²) in [6, 6.07) is 15.6. The van der Waals surface area contributed by atoms with Crippen molar-refractivity contribution < 1.29 is 14.7 Å². The molecule has 0 aliphatic carbocycles. The molecule has 1 atom stereocenters. The number of piperazine rings is 1. The maximum Gasteiger partial charge on any atom is 0.246 e. The molecule has 0 spiro atoms. The number of amides is 2. The maximum atomic E-state index is 13.2. The van der Waals surface area contributed by atoms with Crippen LogP contribution < -0.4 is 0 Å². The molecule has 3 heterocycles. The van der Waals surface area contributed by atoms with Gasteiger partial charge in [-0.1, -0.05) is 62.4 Å². The zero-order valence-corrected chi connectivity index (χ0v) is 19.0. The Morgan fingerprint density at radius 2 is 1.85 bits per heavy atom. The summed E-state index contributed by atoms with van der Waals surface area (Å²) in [5.74, 6) is 0.159. The molecule has 33 heavy (non-hydrogen) atoms. The highest BCUT2D eigenvalue weighted by atomic mass is 16.3. The number of carbonyl (C=O) groups excluding carboxylic acids is 2. The third-order valence-electron chi connectivity index (χ3n) is 6.94. The van der Waals surface area contributed by atoms with Crippen LogP contribution in [0, 0.1) is 0 Å². The van der Waals surface area contributed by atoms with Gasteiger partial charge < -0.3 is 19.5 Å². The third-order valence-corrected chi connectivity index (χ3v) is 6.94. The number of aliphatic hydroxyl groups is 1. The van der Waals surface area contributed by atoms with Gasteiger partial charge in [-0.05, 0) is 23.6 Å². The first-order valence-electron chi connectivity index (χ1n) is 11.6. The zero-order chi connectivity index (χ0) is 23.1. The van der Waals surface area contributed by atoms with Crippen molar-refractivity contribution in [2.45, 2.75) is 45.3 Å². The van der Waals surface area contributed by atoms with Crippen LogP contribution in [-0.2, 0) is 29.1 Å². The molecule has 2 aliphatic rings. The topological polar surface area (TPSA) is 65.8 Å². The molecule has 3 aromatic rings. The van der Waals surface area contributed by atoms with Gasteiger partial charge in [-0.3, -0.25) is 9.59 Å². The smallest absolute Gasteiger partial charge is 0.246 e. The molecule has 170 valence electrons. The van der Waals surface area contributed by atoms with Crippen molar-refractivity contribution in [2.75, 3.05) is 13.1 Å². The first-order chi connectivity index (χ1) is 16.0. The monoisotopic (exact) mass is 443 g/mol. The van der Waals surface area contributed by atoms with E-state index in [1.54, 1.807) is 9.80 Å². The fourth-order valence-corrected chi connectivity index (χ4v) is 5.14. The molecule has 0 radical (unpaired) electrons. The van der Waals surface area contributed by atoms with E-state index in [4.69, 9.17) is 0 Å². The lowest BCUT2D eigenvalue weighted by Gasteiger charge is -2.43. The van der Waals surface area contributed by atoms with Crippen LogP contribution in [0.3, 0.4) is 0 Å². The van der Waals surface area contributed by atoms with E-state index in [9.17, 15) is 14.7 Å². The minimum Gasteiger partial charge on any atom is -0.508 e. The Bertz CT molecular complexity index is 1240. The van der Waals surface area contributed by atoms with Gasteiger partial charge in [0.05, 0.1) is 13.1 Å². The van der Waals surface area contributed by atoms with Gasteiger partial charge in [0.2, 0.25) is 11.8 Å². The number of fused-ring (bicyclic) bond motifs is 4. The lowest BCUT2D eigenvalue weighted by atomic mass is 9.93. The van der Waals surface area contributed by atoms with E-state index >= 15 is 0 Å². The van der Waals surface area contributed by atoms with Crippen molar-refractivity contribution in [1.82, 2.24) is 14.4 Å². The van der Waals surface area contributed by atoms with Crippen molar-refractivity contribution >= 4 is 28.5 Å². The Morgan fingerprint density at radius 1 is 1.09 bits per heavy atom. The second-order valence-electron chi connectivity index (χ2n) is 9.03. The van der Waals surface area contributed by atoms with Crippen molar-refractivity contribution in [3.05, 3.63) is 77.5 Å². The highest BCUT2D eigenvalue weighted by Crippen LogP contribution is 2.35. The number of aliphatic hydroxyl groups excluding tert-OH is 1. The molecule has 1 saturated heterocycles. The summed E-state index contributed by atoms with van der Waals surface area (Å²) in [4.78, 5) is 29.8. The van der Waals surface area contributed by atoms with Gasteiger partial charge in [-0.2, -0.15) is 0 Å². The summed E-state index contributed by atoms with van der Waals surface area (Å²) in [7, 11) is 0. The van der Waals surface area contributed by atoms with E-state index in [0.29, 0.717) is 31.6 Å². The Balaban J connectivity index is 1.52. The molecular formula is C27H29N3O3. The molecule has 1 unspecified atom stereocenters. The summed E-state index contributed by atoms with van der Waals surface area (Å²) >= 11 is 0. The van der Waals surface area contributed by atoms with E-state index in [0.717, 1.165) is 35.0 Å². The number of benzene rings is 2. The molecule has 0 saturated carbocycles. The van der Waals surface area contributed by atoms with Gasteiger partial charge in [0.25, 0.3) is 0 Å². The lowest BCUT2D eigenvalue weighted by molar-refractivity contribution is -0.157. The van der Waals surface area contributed by atoms with Gasteiger partial charge >= 0.3 is 0 Å². The van der Waals surface area contributed by atoms with Crippen LogP contribution in [-0.4, -0.2) is 50.4 Å². The van der Waals surface area contributed by atoms with E-state index < -0.39 is 6.04 Å². The molecular weight excluding hydrogens is 414 g/mol. The number of hydrogen-bond donors (Lipinski definition) is 1. The molecule has 2 aliphatic heterocycles. The van der Waals surface area contributed by atoms with E-state index in [2.05, 4.69) is 30.2 Å². The number of carbonyl (C=O) groups is 2. The second kappa shape index (κ2) is 8.43. The van der Waals surface area contributed by atoms with E-state index in [1.807, 2.05) is 36.4 Å². The number of nitrogens with zero attached hydrogens (tertiary/aromatic N) is 3. The molecule has 2 aromatic carbocycles. The minimum absolute atomic E-state index is 0.0315. The fraction of sp³-hybridized carbons (Fsp3) is 0.333. The summed E-state index contributed by atoms with van der Waals surface area (Å²) < 4.78 is 2.27. The van der Waals surface area contributed by atoms with Gasteiger partial charge in [0, 0.05) is 41.7 Å². The summed E-state index contributed by atoms with van der Waals surface area (Å²) in [5.41, 5.74) is 5.18. The predicted molar refractivity (Wildman–Crippen MR) is 129 cm³/mol. The maximum absolute atomic E-state index is 13.2. The average molecular weight is 444 g/mol. The van der Waals surface area contributed by atoms with E-state index in [1.165, 1.54) is 5.56 Å². The Kier molecular flexibility index (Phi) is 5.44. The van der Waals surface area contributed by atoms with Crippen LogP contribution in [0.25, 0.3) is 16.7 Å². The standard InChI is InChI=1S/C27H29N3O3/c1-3-4-13-28-17-26(32)30-16-25-22(14-24(30)27(28)33)21-7-5-6-8-23(21)29(25)15-19-9-11-20(12-10-19)18(2)31/h5-12,24,31H,2-4,13-17H2,1H3. The van der Waals surface area contributed by atoms with Crippen molar-refractivity contribution in [2.24, 2.45) is 0 Å². The summed E-state index contributed by atoms with van der Waals surface area (Å²) in [6.07, 6.45) is 2.47. The normalized spacial score (nSPS) is 17.9. The van der Waals surface area contributed by atoms with Crippen LogP contribution in [0.15, 0.2) is 55.1 Å². The fourth-order valence-electron chi connectivity index (χ4n) is 5.14. The van der Waals surface area contributed by atoms with Gasteiger partial charge in [-0.25, -0.2) is 0 Å². The number of aromatic nitrogens is 1. The SMILES string of the molecule is C=C(O)c1ccc(Cn2c3c(c4ccccc42)CC2C(=O)N(CCCC)CC(=O)N2C3)cc1. The minimum atomic E-state index is -0.412. The highest BCUT2D eigenvalue weighted by molar-refractivity contribution is 5.97. The van der Waals surface area contributed by atoms with Crippen molar-refractivity contribution in [3.8, 4) is 0 Å². The number of rotatable bonds is 6. The quantitative estimate of drug-likeness (QED) is 0.583. The van der Waals surface area contributed by atoms with Gasteiger partial charge in [0.1, 0.15) is 11.8 Å². The molecule has 0 bridgehead atoms. The number of unbranched alkanes of at least 4 members (excludes halogenated alkanes) is 1. The van der Waals surface area contributed by atoms with Gasteiger partial charge in [0.15, 0.2) is 0 Å². The lowest BCUT2D eigenvalue weighted by Crippen LogP contribution is -2.61. The van der Waals surface area contributed by atoms with E-state index in [-0.39, 0.29) is 24.1 Å². The first-order valence-corrected chi connectivity index (χ1v) is 11.6. The van der Waals surface area contributed by atoms with Crippen LogP contribution in [0.5, 0.6) is 0 Å². The molecule has 6 heteroatoms. The van der Waals surface area contributed by atoms with Crippen LogP contribution >= 0.6 is 0 Å². The molecule has 2 amide bonds. The molecule has 5 rings (SSSR count). The summed E-state index contributed by atoms with van der Waals surface area (Å²) in [6.45, 7) is 7.61.